The summed E-state index contributed by atoms with van der Waals surface area (Å²) in [4.78, 5) is 0.166. The van der Waals surface area contributed by atoms with Crippen LogP contribution in [0.3, 0.4) is 0 Å². The molecule has 0 amide bonds. The lowest BCUT2D eigenvalue weighted by Crippen LogP contribution is -2.42. The van der Waals surface area contributed by atoms with Gasteiger partial charge in [-0.05, 0) is 44.5 Å². The molecule has 1 N–H and O–H groups in total. The number of benzene rings is 1. The van der Waals surface area contributed by atoms with Crippen LogP contribution in [0.25, 0.3) is 0 Å². The van der Waals surface area contributed by atoms with Crippen molar-refractivity contribution >= 4 is 22.4 Å². The molecular weight excluding hydrogens is 340 g/mol. The highest BCUT2D eigenvalue weighted by Crippen LogP contribution is 2.32. The Bertz CT molecular complexity index is 607. The number of sulfonamides is 1. The molecule has 0 aliphatic carbocycles. The molecule has 1 saturated heterocycles. The maximum atomic E-state index is 13.0. The van der Waals surface area contributed by atoms with E-state index in [-0.39, 0.29) is 17.3 Å². The lowest BCUT2D eigenvalue weighted by molar-refractivity contribution is 0.262. The topological polar surface area (TPSA) is 67.9 Å². The Labute approximate surface area is 144 Å². The maximum Gasteiger partial charge on any atom is 0.246 e. The molecule has 1 atom stereocenters. The van der Waals surface area contributed by atoms with Crippen LogP contribution in [0.4, 0.5) is 0 Å². The number of nitrogens with one attached hydrogen (secondary N) is 1. The second-order valence-corrected chi connectivity index (χ2v) is 7.35. The molecule has 6 nitrogen and oxygen atoms in total. The van der Waals surface area contributed by atoms with Gasteiger partial charge in [0.25, 0.3) is 0 Å². The molecule has 23 heavy (non-hydrogen) atoms. The third-order valence-corrected chi connectivity index (χ3v) is 5.85. The number of methoxy groups -OCH3 is 2. The van der Waals surface area contributed by atoms with E-state index in [1.54, 1.807) is 16.4 Å². The summed E-state index contributed by atoms with van der Waals surface area (Å²) in [6.45, 7) is 1.90. The van der Waals surface area contributed by atoms with Crippen molar-refractivity contribution in [2.45, 2.75) is 17.7 Å². The first-order valence-corrected chi connectivity index (χ1v) is 8.83. The van der Waals surface area contributed by atoms with Crippen molar-refractivity contribution in [2.75, 3.05) is 40.9 Å². The second kappa shape index (κ2) is 8.73. The lowest BCUT2D eigenvalue weighted by atomic mass is 10.00. The maximum absolute atomic E-state index is 13.0. The predicted molar refractivity (Wildman–Crippen MR) is 92.2 cm³/mol. The molecule has 0 radical (unpaired) electrons. The molecule has 0 spiro atoms. The number of nitrogens with zero attached hydrogens (tertiary/aromatic N) is 1. The average Bonchev–Trinajstić information content (AvgIpc) is 2.54. The van der Waals surface area contributed by atoms with E-state index in [0.717, 1.165) is 19.4 Å². The summed E-state index contributed by atoms with van der Waals surface area (Å²) < 4.78 is 37.8. The average molecular weight is 365 g/mol. The largest absolute Gasteiger partial charge is 0.497 e. The molecule has 1 aromatic carbocycles. The van der Waals surface area contributed by atoms with Crippen LogP contribution >= 0.6 is 12.4 Å². The highest BCUT2D eigenvalue weighted by molar-refractivity contribution is 7.89. The van der Waals surface area contributed by atoms with E-state index in [0.29, 0.717) is 30.5 Å². The van der Waals surface area contributed by atoms with Crippen molar-refractivity contribution < 1.29 is 17.9 Å². The summed E-state index contributed by atoms with van der Waals surface area (Å²) in [5, 5.41) is 3.12. The van der Waals surface area contributed by atoms with Crippen molar-refractivity contribution in [1.82, 2.24) is 9.62 Å². The monoisotopic (exact) mass is 364 g/mol. The van der Waals surface area contributed by atoms with Gasteiger partial charge in [0.1, 0.15) is 16.4 Å². The van der Waals surface area contributed by atoms with Crippen molar-refractivity contribution in [3.05, 3.63) is 18.2 Å². The molecule has 0 saturated carbocycles. The van der Waals surface area contributed by atoms with Crippen LogP contribution in [0.1, 0.15) is 12.8 Å². The summed E-state index contributed by atoms with van der Waals surface area (Å²) in [5.41, 5.74) is 0. The number of ether oxygens (including phenoxy) is 2. The van der Waals surface area contributed by atoms with Gasteiger partial charge in [-0.3, -0.25) is 0 Å². The molecule has 8 heteroatoms. The van der Waals surface area contributed by atoms with Crippen LogP contribution in [-0.4, -0.2) is 53.6 Å². The zero-order chi connectivity index (χ0) is 16.2. The van der Waals surface area contributed by atoms with Crippen LogP contribution in [-0.2, 0) is 10.0 Å². The van der Waals surface area contributed by atoms with Gasteiger partial charge in [0.15, 0.2) is 0 Å². The van der Waals surface area contributed by atoms with Gasteiger partial charge in [0.2, 0.25) is 10.0 Å². The van der Waals surface area contributed by atoms with Crippen LogP contribution < -0.4 is 14.8 Å². The molecule has 1 fully saturated rings. The van der Waals surface area contributed by atoms with Gasteiger partial charge in [-0.15, -0.1) is 12.4 Å². The third kappa shape index (κ3) is 4.50. The quantitative estimate of drug-likeness (QED) is 0.832. The predicted octanol–water partition coefficient (Wildman–Crippen LogP) is 1.75. The molecule has 0 aromatic heterocycles. The van der Waals surface area contributed by atoms with Crippen LogP contribution in [0, 0.1) is 5.92 Å². The van der Waals surface area contributed by atoms with Gasteiger partial charge in [0.05, 0.1) is 14.2 Å². The number of halogens is 1. The number of hydrogen-bond donors (Lipinski definition) is 1. The zero-order valence-electron chi connectivity index (χ0n) is 13.7. The summed E-state index contributed by atoms with van der Waals surface area (Å²) in [7, 11) is 1.29. The van der Waals surface area contributed by atoms with E-state index in [1.807, 2.05) is 7.05 Å². The zero-order valence-corrected chi connectivity index (χ0v) is 15.4. The van der Waals surface area contributed by atoms with Crippen LogP contribution in [0.2, 0.25) is 0 Å². The molecular formula is C15H25ClN2O4S. The lowest BCUT2D eigenvalue weighted by Gasteiger charge is -2.32. The minimum Gasteiger partial charge on any atom is -0.497 e. The van der Waals surface area contributed by atoms with E-state index in [4.69, 9.17) is 9.47 Å². The van der Waals surface area contributed by atoms with Crippen LogP contribution in [0.5, 0.6) is 11.5 Å². The molecule has 1 unspecified atom stereocenters. The van der Waals surface area contributed by atoms with Crippen molar-refractivity contribution in [3.8, 4) is 11.5 Å². The minimum atomic E-state index is -3.59. The first kappa shape index (κ1) is 20.0. The molecule has 2 rings (SSSR count). The summed E-state index contributed by atoms with van der Waals surface area (Å²) in [5.74, 6) is 1.19. The summed E-state index contributed by atoms with van der Waals surface area (Å²) in [6.07, 6.45) is 1.92. The highest BCUT2D eigenvalue weighted by atomic mass is 35.5. The Kier molecular flexibility index (Phi) is 7.60. The molecule has 1 aliphatic heterocycles. The number of rotatable bonds is 6. The second-order valence-electron chi connectivity index (χ2n) is 5.45. The van der Waals surface area contributed by atoms with Crippen molar-refractivity contribution in [2.24, 2.45) is 5.92 Å². The fraction of sp³-hybridized carbons (Fsp3) is 0.600. The van der Waals surface area contributed by atoms with Gasteiger partial charge < -0.3 is 14.8 Å². The number of piperidine rings is 1. The normalized spacial score (nSPS) is 19.0. The Morgan fingerprint density at radius 3 is 2.65 bits per heavy atom. The van der Waals surface area contributed by atoms with E-state index < -0.39 is 10.0 Å². The minimum absolute atomic E-state index is 0. The molecule has 1 aromatic rings. The van der Waals surface area contributed by atoms with E-state index in [9.17, 15) is 8.42 Å². The Balaban J connectivity index is 0.00000264. The fourth-order valence-corrected chi connectivity index (χ4v) is 4.55. The van der Waals surface area contributed by atoms with Crippen molar-refractivity contribution in [3.63, 3.8) is 0 Å². The molecule has 132 valence electrons. The smallest absolute Gasteiger partial charge is 0.246 e. The van der Waals surface area contributed by atoms with Crippen LogP contribution in [0.15, 0.2) is 23.1 Å². The van der Waals surface area contributed by atoms with Crippen molar-refractivity contribution in [1.29, 1.82) is 0 Å². The first-order valence-electron chi connectivity index (χ1n) is 7.39. The standard InChI is InChI=1S/C15H24N2O4S.ClH/c1-16-10-12-5-4-8-17(11-12)22(18,19)15-9-13(20-2)6-7-14(15)21-3;/h6-7,9,12,16H,4-5,8,10-11H2,1-3H3;1H. The van der Waals surface area contributed by atoms with Gasteiger partial charge in [-0.1, -0.05) is 0 Å². The highest BCUT2D eigenvalue weighted by Gasteiger charge is 2.32. The first-order chi connectivity index (χ1) is 10.5. The fourth-order valence-electron chi connectivity index (χ4n) is 2.83. The summed E-state index contributed by atoms with van der Waals surface area (Å²) in [6, 6.07) is 4.84. The van der Waals surface area contributed by atoms with E-state index in [2.05, 4.69) is 5.32 Å². The number of hydrogen-bond acceptors (Lipinski definition) is 5. The molecule has 1 heterocycles. The van der Waals surface area contributed by atoms with E-state index in [1.165, 1.54) is 20.3 Å². The molecule has 1 aliphatic rings. The van der Waals surface area contributed by atoms with E-state index >= 15 is 0 Å². The SMILES string of the molecule is CNCC1CCCN(S(=O)(=O)c2cc(OC)ccc2OC)C1.Cl. The summed E-state index contributed by atoms with van der Waals surface area (Å²) >= 11 is 0. The Hall–Kier alpha value is -1.02. The van der Waals surface area contributed by atoms with Gasteiger partial charge >= 0.3 is 0 Å². The molecule has 0 bridgehead atoms. The Morgan fingerprint density at radius 2 is 2.04 bits per heavy atom. The van der Waals surface area contributed by atoms with Gasteiger partial charge in [-0.25, -0.2) is 8.42 Å². The van der Waals surface area contributed by atoms with Gasteiger partial charge in [0, 0.05) is 19.2 Å². The third-order valence-electron chi connectivity index (χ3n) is 3.96. The Morgan fingerprint density at radius 1 is 1.30 bits per heavy atom. The van der Waals surface area contributed by atoms with Gasteiger partial charge in [-0.2, -0.15) is 4.31 Å².